The van der Waals surface area contributed by atoms with E-state index in [2.05, 4.69) is 37.4 Å². The molecule has 0 aromatic heterocycles. The van der Waals surface area contributed by atoms with E-state index in [9.17, 15) is 0 Å². The first-order valence-electron chi connectivity index (χ1n) is 6.62. The zero-order chi connectivity index (χ0) is 12.3. The molecule has 1 aromatic carbocycles. The number of benzene rings is 1. The zero-order valence-electron chi connectivity index (χ0n) is 11.1. The quantitative estimate of drug-likeness (QED) is 0.862. The van der Waals surface area contributed by atoms with Crippen molar-refractivity contribution < 1.29 is 4.74 Å². The van der Waals surface area contributed by atoms with Crippen LogP contribution in [0.4, 0.5) is 0 Å². The molecular formula is C15H23NO. The van der Waals surface area contributed by atoms with Gasteiger partial charge in [0.25, 0.3) is 0 Å². The van der Waals surface area contributed by atoms with Crippen LogP contribution in [0.25, 0.3) is 0 Å². The average molecular weight is 233 g/mol. The molecule has 94 valence electrons. The molecule has 2 atom stereocenters. The molecule has 0 radical (unpaired) electrons. The van der Waals surface area contributed by atoms with Gasteiger partial charge in [-0.3, -0.25) is 0 Å². The van der Waals surface area contributed by atoms with Gasteiger partial charge in [-0.15, -0.1) is 0 Å². The van der Waals surface area contributed by atoms with E-state index in [-0.39, 0.29) is 0 Å². The molecule has 17 heavy (non-hydrogen) atoms. The van der Waals surface area contributed by atoms with E-state index < -0.39 is 0 Å². The summed E-state index contributed by atoms with van der Waals surface area (Å²) in [5.74, 6) is 1.69. The molecule has 1 fully saturated rings. The van der Waals surface area contributed by atoms with Gasteiger partial charge in [-0.1, -0.05) is 13.0 Å². The highest BCUT2D eigenvalue weighted by molar-refractivity contribution is 5.37. The minimum atomic E-state index is 0.714. The van der Waals surface area contributed by atoms with Crippen LogP contribution < -0.4 is 10.1 Å². The van der Waals surface area contributed by atoms with E-state index in [1.165, 1.54) is 30.4 Å². The van der Waals surface area contributed by atoms with E-state index in [4.69, 9.17) is 4.74 Å². The molecular weight excluding hydrogens is 210 g/mol. The molecule has 1 N–H and O–H groups in total. The fourth-order valence-corrected chi connectivity index (χ4v) is 2.97. The van der Waals surface area contributed by atoms with Gasteiger partial charge < -0.3 is 10.1 Å². The first-order valence-corrected chi connectivity index (χ1v) is 6.62. The number of hydrogen-bond donors (Lipinski definition) is 1. The second-order valence-corrected chi connectivity index (χ2v) is 4.99. The van der Waals surface area contributed by atoms with Crippen molar-refractivity contribution in [3.63, 3.8) is 0 Å². The number of ether oxygens (including phenoxy) is 1. The fraction of sp³-hybridized carbons (Fsp3) is 0.600. The Morgan fingerprint density at radius 3 is 2.82 bits per heavy atom. The lowest BCUT2D eigenvalue weighted by molar-refractivity contribution is 0.414. The monoisotopic (exact) mass is 233 g/mol. The molecule has 1 aromatic rings. The van der Waals surface area contributed by atoms with Gasteiger partial charge in [-0.25, -0.2) is 0 Å². The maximum Gasteiger partial charge on any atom is 0.119 e. The first-order chi connectivity index (χ1) is 8.24. The number of nitrogens with one attached hydrogen (secondary N) is 1. The minimum absolute atomic E-state index is 0.714. The molecule has 1 saturated carbocycles. The molecule has 0 aliphatic heterocycles. The minimum Gasteiger partial charge on any atom is -0.497 e. The van der Waals surface area contributed by atoms with Crippen LogP contribution in [0.5, 0.6) is 5.75 Å². The summed E-state index contributed by atoms with van der Waals surface area (Å²) in [5.41, 5.74) is 2.87. The van der Waals surface area contributed by atoms with Crippen LogP contribution in [0.2, 0.25) is 0 Å². The van der Waals surface area contributed by atoms with Crippen molar-refractivity contribution in [1.82, 2.24) is 5.32 Å². The average Bonchev–Trinajstić information content (AvgIpc) is 2.78. The van der Waals surface area contributed by atoms with Gasteiger partial charge in [0, 0.05) is 6.04 Å². The largest absolute Gasteiger partial charge is 0.497 e. The molecule has 2 rings (SSSR count). The number of hydrogen-bond acceptors (Lipinski definition) is 2. The Bertz CT molecular complexity index is 375. The van der Waals surface area contributed by atoms with Crippen LogP contribution in [-0.4, -0.2) is 19.7 Å². The maximum absolute atomic E-state index is 5.26. The standard InChI is InChI=1S/C15H23NO/c1-4-16-13-6-5-12(10-13)15-8-7-14(17-3)9-11(15)2/h7-9,12-13,16H,4-6,10H2,1-3H3. The van der Waals surface area contributed by atoms with Crippen molar-refractivity contribution >= 4 is 0 Å². The smallest absolute Gasteiger partial charge is 0.119 e. The second kappa shape index (κ2) is 5.54. The van der Waals surface area contributed by atoms with Gasteiger partial charge in [-0.05, 0) is 61.9 Å². The van der Waals surface area contributed by atoms with Crippen molar-refractivity contribution in [1.29, 1.82) is 0 Å². The summed E-state index contributed by atoms with van der Waals surface area (Å²) in [6.07, 6.45) is 3.90. The van der Waals surface area contributed by atoms with Gasteiger partial charge >= 0.3 is 0 Å². The van der Waals surface area contributed by atoms with E-state index in [0.717, 1.165) is 18.2 Å². The van der Waals surface area contributed by atoms with Gasteiger partial charge in [0.1, 0.15) is 5.75 Å². The van der Waals surface area contributed by atoms with E-state index in [1.807, 2.05) is 0 Å². The molecule has 0 heterocycles. The van der Waals surface area contributed by atoms with Gasteiger partial charge in [0.2, 0.25) is 0 Å². The predicted octanol–water partition coefficient (Wildman–Crippen LogP) is 3.25. The number of aryl methyl sites for hydroxylation is 1. The third-order valence-corrected chi connectivity index (χ3v) is 3.84. The van der Waals surface area contributed by atoms with Crippen molar-refractivity contribution in [2.24, 2.45) is 0 Å². The third-order valence-electron chi connectivity index (χ3n) is 3.84. The first kappa shape index (κ1) is 12.4. The van der Waals surface area contributed by atoms with Gasteiger partial charge in [0.15, 0.2) is 0 Å². The number of methoxy groups -OCH3 is 1. The molecule has 0 saturated heterocycles. The van der Waals surface area contributed by atoms with Crippen LogP contribution in [-0.2, 0) is 0 Å². The predicted molar refractivity (Wildman–Crippen MR) is 71.8 cm³/mol. The van der Waals surface area contributed by atoms with Crippen LogP contribution >= 0.6 is 0 Å². The van der Waals surface area contributed by atoms with Crippen LogP contribution in [0.15, 0.2) is 18.2 Å². The van der Waals surface area contributed by atoms with Crippen molar-refractivity contribution in [3.8, 4) is 5.75 Å². The summed E-state index contributed by atoms with van der Waals surface area (Å²) in [5, 5.41) is 3.56. The highest BCUT2D eigenvalue weighted by atomic mass is 16.5. The fourth-order valence-electron chi connectivity index (χ4n) is 2.97. The lowest BCUT2D eigenvalue weighted by Crippen LogP contribution is -2.25. The lowest BCUT2D eigenvalue weighted by atomic mass is 9.93. The Hall–Kier alpha value is -1.02. The van der Waals surface area contributed by atoms with Crippen molar-refractivity contribution in [2.75, 3.05) is 13.7 Å². The van der Waals surface area contributed by atoms with Gasteiger partial charge in [0.05, 0.1) is 7.11 Å². The Morgan fingerprint density at radius 1 is 1.35 bits per heavy atom. The molecule has 2 unspecified atom stereocenters. The van der Waals surface area contributed by atoms with Crippen LogP contribution in [0.1, 0.15) is 43.2 Å². The topological polar surface area (TPSA) is 21.3 Å². The maximum atomic E-state index is 5.26. The van der Waals surface area contributed by atoms with Crippen molar-refractivity contribution in [3.05, 3.63) is 29.3 Å². The Morgan fingerprint density at radius 2 is 2.18 bits per heavy atom. The Kier molecular flexibility index (Phi) is 4.06. The molecule has 2 nitrogen and oxygen atoms in total. The second-order valence-electron chi connectivity index (χ2n) is 4.99. The Labute approximate surface area is 104 Å². The van der Waals surface area contributed by atoms with E-state index in [1.54, 1.807) is 7.11 Å². The SMILES string of the molecule is CCNC1CCC(c2ccc(OC)cc2C)C1. The normalized spacial score (nSPS) is 23.9. The van der Waals surface area contributed by atoms with E-state index in [0.29, 0.717) is 6.04 Å². The summed E-state index contributed by atoms with van der Waals surface area (Å²) in [6.45, 7) is 5.46. The van der Waals surface area contributed by atoms with E-state index >= 15 is 0 Å². The number of rotatable bonds is 4. The summed E-state index contributed by atoms with van der Waals surface area (Å²) < 4.78 is 5.26. The highest BCUT2D eigenvalue weighted by Gasteiger charge is 2.26. The highest BCUT2D eigenvalue weighted by Crippen LogP contribution is 2.36. The molecule has 1 aliphatic carbocycles. The van der Waals surface area contributed by atoms with Crippen molar-refractivity contribution in [2.45, 2.75) is 45.1 Å². The third kappa shape index (κ3) is 2.81. The van der Waals surface area contributed by atoms with Crippen LogP contribution in [0.3, 0.4) is 0 Å². The summed E-state index contributed by atoms with van der Waals surface area (Å²) >= 11 is 0. The lowest BCUT2D eigenvalue weighted by Gasteiger charge is -2.15. The summed E-state index contributed by atoms with van der Waals surface area (Å²) in [7, 11) is 1.73. The molecule has 0 bridgehead atoms. The van der Waals surface area contributed by atoms with Gasteiger partial charge in [-0.2, -0.15) is 0 Å². The van der Waals surface area contributed by atoms with Crippen LogP contribution in [0, 0.1) is 6.92 Å². The molecule has 0 amide bonds. The summed E-state index contributed by atoms with van der Waals surface area (Å²) in [4.78, 5) is 0. The molecule has 1 aliphatic rings. The zero-order valence-corrected chi connectivity index (χ0v) is 11.1. The molecule has 0 spiro atoms. The molecule has 2 heteroatoms. The summed E-state index contributed by atoms with van der Waals surface area (Å²) in [6, 6.07) is 7.19. The Balaban J connectivity index is 2.08.